The van der Waals surface area contributed by atoms with Gasteiger partial charge in [-0.1, -0.05) is 23.7 Å². The molecule has 20 heavy (non-hydrogen) atoms. The van der Waals surface area contributed by atoms with Crippen LogP contribution in [0.5, 0.6) is 0 Å². The first-order chi connectivity index (χ1) is 9.70. The Labute approximate surface area is 127 Å². The van der Waals surface area contributed by atoms with E-state index in [9.17, 15) is 0 Å². The lowest BCUT2D eigenvalue weighted by molar-refractivity contribution is 0.0420. The molecular formula is C16H25ClN2O. The first-order valence-corrected chi connectivity index (χ1v) is 7.79. The summed E-state index contributed by atoms with van der Waals surface area (Å²) >= 11 is 6.08. The minimum atomic E-state index is 0.357. The fourth-order valence-corrected chi connectivity index (χ4v) is 3.04. The predicted molar refractivity (Wildman–Crippen MR) is 84.3 cm³/mol. The SMILES string of the molecule is CNC(CCN(C)C1CCOCC1)c1cccc(Cl)c1. The molecule has 0 aromatic heterocycles. The number of hydrogen-bond donors (Lipinski definition) is 1. The molecule has 0 bridgehead atoms. The van der Waals surface area contributed by atoms with Gasteiger partial charge in [-0.3, -0.25) is 0 Å². The molecule has 0 spiro atoms. The van der Waals surface area contributed by atoms with Crippen LogP contribution in [-0.4, -0.2) is 44.8 Å². The van der Waals surface area contributed by atoms with Gasteiger partial charge in [0.2, 0.25) is 0 Å². The molecule has 0 aliphatic carbocycles. The zero-order chi connectivity index (χ0) is 14.4. The van der Waals surface area contributed by atoms with E-state index in [2.05, 4.69) is 29.4 Å². The van der Waals surface area contributed by atoms with E-state index in [-0.39, 0.29) is 0 Å². The standard InChI is InChI=1S/C16H25ClN2O/c1-18-16(13-4-3-5-14(17)12-13)6-9-19(2)15-7-10-20-11-8-15/h3-5,12,15-16,18H,6-11H2,1-2H3. The van der Waals surface area contributed by atoms with Crippen LogP contribution in [0.2, 0.25) is 5.02 Å². The van der Waals surface area contributed by atoms with Gasteiger partial charge in [-0.05, 0) is 57.6 Å². The van der Waals surface area contributed by atoms with Crippen molar-refractivity contribution in [1.82, 2.24) is 10.2 Å². The Bertz CT molecular complexity index is 407. The molecule has 2 rings (SSSR count). The number of ether oxygens (including phenoxy) is 1. The van der Waals surface area contributed by atoms with Crippen molar-refractivity contribution in [1.29, 1.82) is 0 Å². The fourth-order valence-electron chi connectivity index (χ4n) is 2.84. The van der Waals surface area contributed by atoms with Gasteiger partial charge in [0.25, 0.3) is 0 Å². The van der Waals surface area contributed by atoms with Crippen LogP contribution in [0.25, 0.3) is 0 Å². The molecule has 1 atom stereocenters. The van der Waals surface area contributed by atoms with Gasteiger partial charge >= 0.3 is 0 Å². The van der Waals surface area contributed by atoms with E-state index in [1.165, 1.54) is 5.56 Å². The van der Waals surface area contributed by atoms with E-state index in [0.29, 0.717) is 12.1 Å². The summed E-state index contributed by atoms with van der Waals surface area (Å²) in [5.41, 5.74) is 1.26. The number of halogens is 1. The topological polar surface area (TPSA) is 24.5 Å². The predicted octanol–water partition coefficient (Wildman–Crippen LogP) is 3.10. The number of rotatable bonds is 6. The quantitative estimate of drug-likeness (QED) is 0.873. The molecule has 0 amide bonds. The summed E-state index contributed by atoms with van der Waals surface area (Å²) in [5, 5.41) is 4.20. The van der Waals surface area contributed by atoms with Crippen molar-refractivity contribution in [2.75, 3.05) is 33.9 Å². The van der Waals surface area contributed by atoms with E-state index in [4.69, 9.17) is 16.3 Å². The third-order valence-electron chi connectivity index (χ3n) is 4.18. The third kappa shape index (κ3) is 4.45. The summed E-state index contributed by atoms with van der Waals surface area (Å²) in [6, 6.07) is 9.16. The molecule has 1 aromatic carbocycles. The van der Waals surface area contributed by atoms with Gasteiger partial charge in [-0.25, -0.2) is 0 Å². The maximum absolute atomic E-state index is 6.08. The molecule has 0 saturated carbocycles. The third-order valence-corrected chi connectivity index (χ3v) is 4.42. The fraction of sp³-hybridized carbons (Fsp3) is 0.625. The Kier molecular flexibility index (Phi) is 6.30. The van der Waals surface area contributed by atoms with Crippen LogP contribution in [0.1, 0.15) is 30.9 Å². The Balaban J connectivity index is 1.87. The summed E-state index contributed by atoms with van der Waals surface area (Å²) < 4.78 is 5.43. The second-order valence-electron chi connectivity index (χ2n) is 5.51. The molecule has 1 aromatic rings. The van der Waals surface area contributed by atoms with Crippen LogP contribution in [0.15, 0.2) is 24.3 Å². The molecule has 1 heterocycles. The summed E-state index contributed by atoms with van der Waals surface area (Å²) in [6.07, 6.45) is 3.39. The van der Waals surface area contributed by atoms with Gasteiger partial charge in [-0.15, -0.1) is 0 Å². The van der Waals surface area contributed by atoms with Crippen molar-refractivity contribution in [3.8, 4) is 0 Å². The maximum atomic E-state index is 6.08. The van der Waals surface area contributed by atoms with Crippen molar-refractivity contribution in [3.05, 3.63) is 34.9 Å². The average molecular weight is 297 g/mol. The number of hydrogen-bond acceptors (Lipinski definition) is 3. The van der Waals surface area contributed by atoms with Gasteiger partial charge in [0.1, 0.15) is 0 Å². The molecule has 1 saturated heterocycles. The lowest BCUT2D eigenvalue weighted by Crippen LogP contribution is -2.38. The number of nitrogens with zero attached hydrogens (tertiary/aromatic N) is 1. The largest absolute Gasteiger partial charge is 0.381 e. The second-order valence-corrected chi connectivity index (χ2v) is 5.95. The molecule has 1 aliphatic heterocycles. The summed E-state index contributed by atoms with van der Waals surface area (Å²) in [6.45, 7) is 2.89. The van der Waals surface area contributed by atoms with Gasteiger partial charge in [0, 0.05) is 30.3 Å². The molecule has 1 N–H and O–H groups in total. The smallest absolute Gasteiger partial charge is 0.0480 e. The molecule has 4 heteroatoms. The summed E-state index contributed by atoms with van der Waals surface area (Å²) in [5.74, 6) is 0. The Morgan fingerprint density at radius 2 is 2.15 bits per heavy atom. The molecule has 1 unspecified atom stereocenters. The van der Waals surface area contributed by atoms with Crippen LogP contribution in [0.4, 0.5) is 0 Å². The van der Waals surface area contributed by atoms with Crippen molar-refractivity contribution >= 4 is 11.6 Å². The first-order valence-electron chi connectivity index (χ1n) is 7.41. The van der Waals surface area contributed by atoms with Crippen LogP contribution < -0.4 is 5.32 Å². The van der Waals surface area contributed by atoms with E-state index >= 15 is 0 Å². The molecular weight excluding hydrogens is 272 g/mol. The van der Waals surface area contributed by atoms with Crippen LogP contribution in [0, 0.1) is 0 Å². The van der Waals surface area contributed by atoms with Crippen molar-refractivity contribution in [3.63, 3.8) is 0 Å². The van der Waals surface area contributed by atoms with Crippen molar-refractivity contribution < 1.29 is 4.74 Å². The van der Waals surface area contributed by atoms with Gasteiger partial charge in [0.15, 0.2) is 0 Å². The van der Waals surface area contributed by atoms with E-state index in [0.717, 1.165) is 44.0 Å². The molecule has 3 nitrogen and oxygen atoms in total. The highest BCUT2D eigenvalue weighted by Crippen LogP contribution is 2.21. The van der Waals surface area contributed by atoms with Crippen molar-refractivity contribution in [2.45, 2.75) is 31.3 Å². The minimum Gasteiger partial charge on any atom is -0.381 e. The minimum absolute atomic E-state index is 0.357. The lowest BCUT2D eigenvalue weighted by atomic mass is 10.0. The van der Waals surface area contributed by atoms with E-state index < -0.39 is 0 Å². The van der Waals surface area contributed by atoms with Crippen molar-refractivity contribution in [2.24, 2.45) is 0 Å². The second kappa shape index (κ2) is 7.99. The van der Waals surface area contributed by atoms with Gasteiger partial charge < -0.3 is 15.0 Å². The van der Waals surface area contributed by atoms with E-state index in [1.807, 2.05) is 19.2 Å². The zero-order valence-corrected chi connectivity index (χ0v) is 13.2. The Hall–Kier alpha value is -0.610. The lowest BCUT2D eigenvalue weighted by Gasteiger charge is -2.32. The van der Waals surface area contributed by atoms with Crippen LogP contribution in [-0.2, 0) is 4.74 Å². The highest BCUT2D eigenvalue weighted by Gasteiger charge is 2.19. The average Bonchev–Trinajstić information content (AvgIpc) is 2.48. The first kappa shape index (κ1) is 15.8. The van der Waals surface area contributed by atoms with Crippen LogP contribution in [0.3, 0.4) is 0 Å². The normalized spacial score (nSPS) is 18.4. The molecule has 112 valence electrons. The monoisotopic (exact) mass is 296 g/mol. The molecule has 1 aliphatic rings. The Morgan fingerprint density at radius 1 is 1.40 bits per heavy atom. The zero-order valence-electron chi connectivity index (χ0n) is 12.4. The number of nitrogens with one attached hydrogen (secondary N) is 1. The highest BCUT2D eigenvalue weighted by molar-refractivity contribution is 6.30. The number of benzene rings is 1. The van der Waals surface area contributed by atoms with Crippen LogP contribution >= 0.6 is 11.6 Å². The van der Waals surface area contributed by atoms with Gasteiger partial charge in [-0.2, -0.15) is 0 Å². The Morgan fingerprint density at radius 3 is 2.80 bits per heavy atom. The summed E-state index contributed by atoms with van der Waals surface area (Å²) in [4.78, 5) is 2.47. The van der Waals surface area contributed by atoms with E-state index in [1.54, 1.807) is 0 Å². The van der Waals surface area contributed by atoms with Gasteiger partial charge in [0.05, 0.1) is 0 Å². The molecule has 0 radical (unpaired) electrons. The molecule has 1 fully saturated rings. The maximum Gasteiger partial charge on any atom is 0.0480 e. The summed E-state index contributed by atoms with van der Waals surface area (Å²) in [7, 11) is 4.24. The highest BCUT2D eigenvalue weighted by atomic mass is 35.5.